The van der Waals surface area contributed by atoms with Crippen molar-refractivity contribution in [2.75, 3.05) is 25.1 Å². The van der Waals surface area contributed by atoms with Crippen LogP contribution in [0.1, 0.15) is 132 Å². The third-order valence-electron chi connectivity index (χ3n) is 16.8. The van der Waals surface area contributed by atoms with Crippen LogP contribution in [0.25, 0.3) is 0 Å². The first-order valence-electron chi connectivity index (χ1n) is 22.4. The van der Waals surface area contributed by atoms with E-state index in [1.165, 1.54) is 131 Å². The van der Waals surface area contributed by atoms with Crippen molar-refractivity contribution in [3.63, 3.8) is 0 Å². The van der Waals surface area contributed by atoms with E-state index in [4.69, 9.17) is 0 Å². The van der Waals surface area contributed by atoms with Gasteiger partial charge in [0.05, 0.1) is 0 Å². The number of phenols is 1. The highest BCUT2D eigenvalue weighted by Gasteiger charge is 2.65. The molecule has 5 fully saturated rings. The minimum absolute atomic E-state index is 0.347. The molecule has 10 atom stereocenters. The molecule has 3 N–H and O–H groups in total. The van der Waals surface area contributed by atoms with Crippen LogP contribution in [0.15, 0.2) is 54.6 Å². The zero-order valence-corrected chi connectivity index (χ0v) is 35.5. The van der Waals surface area contributed by atoms with Crippen LogP contribution >= 0.6 is 21.6 Å². The van der Waals surface area contributed by atoms with Gasteiger partial charge in [0.25, 0.3) is 0 Å². The summed E-state index contributed by atoms with van der Waals surface area (Å²) in [5.41, 5.74) is 7.44. The van der Waals surface area contributed by atoms with E-state index in [0.717, 1.165) is 54.7 Å². The van der Waals surface area contributed by atoms with E-state index in [2.05, 4.69) is 102 Å². The number of hydrogen-bond acceptors (Lipinski definition) is 5. The molecule has 5 heteroatoms. The van der Waals surface area contributed by atoms with Gasteiger partial charge in [0, 0.05) is 24.1 Å². The molecule has 0 saturated heterocycles. The average Bonchev–Trinajstić information content (AvgIpc) is 3.83. The van der Waals surface area contributed by atoms with Gasteiger partial charge in [0.2, 0.25) is 0 Å². The summed E-state index contributed by atoms with van der Waals surface area (Å²) in [6.07, 6.45) is 29.3. The smallest absolute Gasteiger partial charge is 0.116 e. The first kappa shape index (κ1) is 38.1. The summed E-state index contributed by atoms with van der Waals surface area (Å²) in [6.45, 7) is 7.05. The first-order chi connectivity index (χ1) is 26.2. The summed E-state index contributed by atoms with van der Waals surface area (Å²) < 4.78 is 0. The Morgan fingerprint density at radius 3 is 2.48 bits per heavy atom. The molecule has 0 amide bonds. The number of phenolic OH excluding ortho intramolecular Hbond substituents is 1. The SMILES string of the molecule is CNC[C@H]1C[C@@]2(C[C@H]3[C@H]4Cc5cc(O)cc(c5)Cc5ccccc5CN[C@@H](C)CSSC[C@H](C4)C[C@H]3[C@]3(C=CC[C@@H](C)C3)C2)C[C@@]12CCC1(CCCC1)C2. The summed E-state index contributed by atoms with van der Waals surface area (Å²) in [7, 11) is 6.51. The van der Waals surface area contributed by atoms with E-state index >= 15 is 0 Å². The molecule has 4 spiro atoms. The summed E-state index contributed by atoms with van der Waals surface area (Å²) in [5, 5.41) is 18.9. The third-order valence-corrected chi connectivity index (χ3v) is 19.6. The molecule has 5 saturated carbocycles. The van der Waals surface area contributed by atoms with Crippen molar-refractivity contribution in [2.45, 2.75) is 136 Å². The second-order valence-corrected chi connectivity index (χ2v) is 23.4. The lowest BCUT2D eigenvalue weighted by Crippen LogP contribution is -2.52. The standard InChI is InChI=1S/C49H70N2OS2/c1-34-9-8-14-48(24-34)32-47(25-42(28-50-3)49(33-47)16-15-46(31-49)12-6-7-13-46)26-44-41-19-37-17-36(21-43(52)22-37)18-39-10-4-5-11-40(39)27-51-35(2)29-53-54-30-38(20-41)23-45(44)48/h4-5,8,10-11,14,17,21-22,34-35,38,41-42,44-45,50-52H,6-7,9,12-13,15-16,18-20,23-33H2,1-3H3/t34-,35+,38-,41+,42-,44+,45-,47+,48+,49+/m1/s1. The molecular weight excluding hydrogens is 697 g/mol. The molecule has 0 unspecified atom stereocenters. The average molecular weight is 767 g/mol. The number of nitrogens with one attached hydrogen (secondary N) is 2. The maximum atomic E-state index is 11.3. The van der Waals surface area contributed by atoms with Crippen LogP contribution in [-0.4, -0.2) is 36.2 Å². The summed E-state index contributed by atoms with van der Waals surface area (Å²) in [4.78, 5) is 0. The van der Waals surface area contributed by atoms with E-state index in [0.29, 0.717) is 39.4 Å². The number of hydrogen-bond donors (Lipinski definition) is 3. The molecule has 1 aliphatic heterocycles. The van der Waals surface area contributed by atoms with Gasteiger partial charge in [-0.15, -0.1) is 0 Å². The molecular formula is C49H70N2OS2. The fraction of sp³-hybridized carbons (Fsp3) is 0.714. The van der Waals surface area contributed by atoms with Gasteiger partial charge in [-0.25, -0.2) is 0 Å². The first-order valence-corrected chi connectivity index (χ1v) is 24.8. The molecule has 54 heavy (non-hydrogen) atoms. The van der Waals surface area contributed by atoms with Gasteiger partial charge >= 0.3 is 0 Å². The van der Waals surface area contributed by atoms with E-state index in [1.54, 1.807) is 0 Å². The van der Waals surface area contributed by atoms with Crippen LogP contribution in [0, 0.1) is 57.2 Å². The zero-order valence-electron chi connectivity index (χ0n) is 33.9. The van der Waals surface area contributed by atoms with Crippen LogP contribution in [0.2, 0.25) is 0 Å². The predicted molar refractivity (Wildman–Crippen MR) is 231 cm³/mol. The van der Waals surface area contributed by atoms with Crippen molar-refractivity contribution in [2.24, 2.45) is 57.2 Å². The lowest BCUT2D eigenvalue weighted by molar-refractivity contribution is -0.0846. The van der Waals surface area contributed by atoms with Crippen molar-refractivity contribution in [3.05, 3.63) is 76.9 Å². The lowest BCUT2D eigenvalue weighted by atomic mass is 9.44. The van der Waals surface area contributed by atoms with Crippen molar-refractivity contribution in [1.29, 1.82) is 0 Å². The predicted octanol–water partition coefficient (Wildman–Crippen LogP) is 11.8. The number of allylic oxidation sites excluding steroid dienone is 2. The zero-order chi connectivity index (χ0) is 37.0. The highest BCUT2D eigenvalue weighted by atomic mass is 33.1. The largest absolute Gasteiger partial charge is 0.508 e. The van der Waals surface area contributed by atoms with Crippen molar-refractivity contribution >= 4 is 21.6 Å². The molecule has 4 bridgehead atoms. The minimum Gasteiger partial charge on any atom is -0.508 e. The second-order valence-electron chi connectivity index (χ2n) is 20.8. The summed E-state index contributed by atoms with van der Waals surface area (Å²) >= 11 is 0. The van der Waals surface area contributed by atoms with Gasteiger partial charge in [-0.05, 0) is 208 Å². The molecule has 294 valence electrons. The Bertz CT molecular complexity index is 1670. The molecule has 9 rings (SSSR count). The third kappa shape index (κ3) is 7.53. The maximum Gasteiger partial charge on any atom is 0.116 e. The van der Waals surface area contributed by atoms with Gasteiger partial charge in [0.15, 0.2) is 0 Å². The van der Waals surface area contributed by atoms with Crippen LogP contribution in [0.4, 0.5) is 0 Å². The van der Waals surface area contributed by atoms with Gasteiger partial charge in [-0.2, -0.15) is 0 Å². The molecule has 2 aromatic carbocycles. The molecule has 6 aliphatic carbocycles. The van der Waals surface area contributed by atoms with Crippen LogP contribution in [0.5, 0.6) is 5.75 Å². The molecule has 0 aromatic heterocycles. The van der Waals surface area contributed by atoms with E-state index in [1.807, 2.05) is 6.07 Å². The topological polar surface area (TPSA) is 44.3 Å². The Morgan fingerprint density at radius 2 is 1.65 bits per heavy atom. The molecule has 3 nitrogen and oxygen atoms in total. The van der Waals surface area contributed by atoms with Crippen LogP contribution in [0.3, 0.4) is 0 Å². The highest BCUT2D eigenvalue weighted by molar-refractivity contribution is 8.76. The minimum atomic E-state index is 0.347. The number of fused-ring (bicyclic) bond motifs is 8. The quantitative estimate of drug-likeness (QED) is 0.210. The Balaban J connectivity index is 1.08. The van der Waals surface area contributed by atoms with E-state index in [9.17, 15) is 5.11 Å². The van der Waals surface area contributed by atoms with Crippen LogP contribution < -0.4 is 10.6 Å². The van der Waals surface area contributed by atoms with Crippen LogP contribution in [-0.2, 0) is 19.4 Å². The summed E-state index contributed by atoms with van der Waals surface area (Å²) in [5.74, 6) is 7.51. The lowest BCUT2D eigenvalue weighted by Gasteiger charge is -2.61. The van der Waals surface area contributed by atoms with Gasteiger partial charge < -0.3 is 15.7 Å². The van der Waals surface area contributed by atoms with Gasteiger partial charge in [-0.1, -0.05) is 83.8 Å². The Labute approximate surface area is 336 Å². The maximum absolute atomic E-state index is 11.3. The van der Waals surface area contributed by atoms with Gasteiger partial charge in [-0.3, -0.25) is 0 Å². The van der Waals surface area contributed by atoms with E-state index in [-0.39, 0.29) is 0 Å². The van der Waals surface area contributed by atoms with Gasteiger partial charge in [0.1, 0.15) is 5.75 Å². The monoisotopic (exact) mass is 766 g/mol. The van der Waals surface area contributed by atoms with Crippen molar-refractivity contribution in [1.82, 2.24) is 10.6 Å². The molecule has 1 heterocycles. The number of benzene rings is 2. The molecule has 0 radical (unpaired) electrons. The Morgan fingerprint density at radius 1 is 0.852 bits per heavy atom. The molecule has 7 aliphatic rings. The fourth-order valence-corrected chi connectivity index (χ4v) is 17.8. The fourth-order valence-electron chi connectivity index (χ4n) is 15.1. The Kier molecular flexibility index (Phi) is 10.9. The Hall–Kier alpha value is -1.40. The molecule has 2 aromatic rings. The normalized spacial score (nSPS) is 40.6. The van der Waals surface area contributed by atoms with E-state index < -0.39 is 0 Å². The summed E-state index contributed by atoms with van der Waals surface area (Å²) in [6, 6.07) is 16.1. The van der Waals surface area contributed by atoms with Crippen molar-refractivity contribution in [3.8, 4) is 5.75 Å². The second kappa shape index (κ2) is 15.4. The number of rotatable bonds is 2. The van der Waals surface area contributed by atoms with Crippen molar-refractivity contribution < 1.29 is 5.11 Å². The number of aromatic hydroxyl groups is 1. The highest BCUT2D eigenvalue weighted by Crippen LogP contribution is 2.74.